The Hall–Kier alpha value is -2.54. The minimum absolute atomic E-state index is 0.0161. The van der Waals surface area contributed by atoms with Crippen molar-refractivity contribution in [1.29, 1.82) is 0 Å². The van der Waals surface area contributed by atoms with Crippen LogP contribution in [0.3, 0.4) is 0 Å². The van der Waals surface area contributed by atoms with Crippen LogP contribution in [0.25, 0.3) is 0 Å². The highest BCUT2D eigenvalue weighted by molar-refractivity contribution is 9.10. The smallest absolute Gasteiger partial charge is 0.241 e. The number of benzene rings is 2. The van der Waals surface area contributed by atoms with Crippen LogP contribution in [0.15, 0.2) is 58.0 Å². The summed E-state index contributed by atoms with van der Waals surface area (Å²) in [4.78, 5) is 18.1. The van der Waals surface area contributed by atoms with E-state index in [-0.39, 0.29) is 12.5 Å². The lowest BCUT2D eigenvalue weighted by atomic mass is 10.1. The average Bonchev–Trinajstić information content (AvgIpc) is 2.70. The van der Waals surface area contributed by atoms with Crippen molar-refractivity contribution in [3.05, 3.63) is 64.1 Å². The molecule has 7 heteroatoms. The number of aliphatic imine (C=N–C) groups is 1. The Bertz CT molecular complexity index is 794. The van der Waals surface area contributed by atoms with Crippen LogP contribution in [0.4, 0.5) is 0 Å². The zero-order valence-corrected chi connectivity index (χ0v) is 18.1. The van der Waals surface area contributed by atoms with E-state index in [1.165, 1.54) is 5.56 Å². The molecule has 0 aliphatic rings. The summed E-state index contributed by atoms with van der Waals surface area (Å²) in [7, 11) is 5.11. The zero-order valence-electron chi connectivity index (χ0n) is 16.5. The molecule has 0 heterocycles. The minimum atomic E-state index is -0.0161. The number of guanidine groups is 1. The van der Waals surface area contributed by atoms with E-state index in [4.69, 9.17) is 4.74 Å². The fraction of sp³-hybridized carbons (Fsp3) is 0.333. The number of carbonyl (C=O) groups excluding carboxylic acids is 1. The summed E-state index contributed by atoms with van der Waals surface area (Å²) in [5.74, 6) is 1.35. The fourth-order valence-corrected chi connectivity index (χ4v) is 2.91. The van der Waals surface area contributed by atoms with Gasteiger partial charge in [-0.1, -0.05) is 46.3 Å². The Morgan fingerprint density at radius 3 is 2.57 bits per heavy atom. The highest BCUT2D eigenvalue weighted by Gasteiger charge is 2.08. The molecule has 0 radical (unpaired) electrons. The van der Waals surface area contributed by atoms with Gasteiger partial charge in [0.25, 0.3) is 0 Å². The number of nitrogens with zero attached hydrogens (tertiary/aromatic N) is 2. The van der Waals surface area contributed by atoms with E-state index < -0.39 is 0 Å². The highest BCUT2D eigenvalue weighted by atomic mass is 79.9. The van der Waals surface area contributed by atoms with Gasteiger partial charge in [0.2, 0.25) is 5.91 Å². The van der Waals surface area contributed by atoms with Gasteiger partial charge in [-0.15, -0.1) is 0 Å². The molecule has 0 bridgehead atoms. The molecule has 2 aromatic carbocycles. The predicted octanol–water partition coefficient (Wildman–Crippen LogP) is 2.82. The Balaban J connectivity index is 2.04. The Morgan fingerprint density at radius 1 is 1.14 bits per heavy atom. The second-order valence-electron chi connectivity index (χ2n) is 6.43. The summed E-state index contributed by atoms with van der Waals surface area (Å²) in [5.41, 5.74) is 2.20. The van der Waals surface area contributed by atoms with Gasteiger partial charge in [0.1, 0.15) is 5.75 Å². The molecule has 0 saturated heterocycles. The fourth-order valence-electron chi connectivity index (χ4n) is 2.50. The third-order valence-electron chi connectivity index (χ3n) is 4.10. The molecule has 0 unspecified atom stereocenters. The van der Waals surface area contributed by atoms with Crippen molar-refractivity contribution in [2.24, 2.45) is 4.99 Å². The molecule has 0 spiro atoms. The molecule has 0 aromatic heterocycles. The molecule has 0 atom stereocenters. The van der Waals surface area contributed by atoms with Crippen LogP contribution in [0, 0.1) is 0 Å². The highest BCUT2D eigenvalue weighted by Crippen LogP contribution is 2.23. The van der Waals surface area contributed by atoms with Crippen LogP contribution in [-0.2, 0) is 17.8 Å². The van der Waals surface area contributed by atoms with Crippen molar-refractivity contribution in [3.63, 3.8) is 0 Å². The van der Waals surface area contributed by atoms with Crippen LogP contribution >= 0.6 is 15.9 Å². The van der Waals surface area contributed by atoms with Gasteiger partial charge < -0.3 is 20.3 Å². The third-order valence-corrected chi connectivity index (χ3v) is 4.60. The molecule has 0 aliphatic carbocycles. The summed E-state index contributed by atoms with van der Waals surface area (Å²) in [6.07, 6.45) is 0.864. The lowest BCUT2D eigenvalue weighted by Gasteiger charge is -2.15. The number of amides is 1. The average molecular weight is 447 g/mol. The number of hydrogen-bond donors (Lipinski definition) is 2. The van der Waals surface area contributed by atoms with Crippen molar-refractivity contribution in [1.82, 2.24) is 15.5 Å². The quantitative estimate of drug-likeness (QED) is 0.483. The maximum absolute atomic E-state index is 11.9. The van der Waals surface area contributed by atoms with E-state index in [1.54, 1.807) is 26.1 Å². The monoisotopic (exact) mass is 446 g/mol. The number of methoxy groups -OCH3 is 1. The molecule has 0 aliphatic heterocycles. The SMILES string of the molecule is COc1ccc(Br)cc1CN=C(NCCc1ccccc1)NCC(=O)N(C)C. The number of likely N-dealkylation sites (N-methyl/N-ethyl adjacent to an activating group) is 1. The molecule has 2 aromatic rings. The molecule has 0 saturated carbocycles. The summed E-state index contributed by atoms with van der Waals surface area (Å²) in [5, 5.41) is 6.41. The van der Waals surface area contributed by atoms with E-state index >= 15 is 0 Å². The Kier molecular flexibility index (Phi) is 8.81. The first-order valence-corrected chi connectivity index (χ1v) is 9.87. The lowest BCUT2D eigenvalue weighted by Crippen LogP contribution is -2.43. The molecule has 0 fully saturated rings. The summed E-state index contributed by atoms with van der Waals surface area (Å²) in [6.45, 7) is 1.32. The topological polar surface area (TPSA) is 66.0 Å². The molecular weight excluding hydrogens is 420 g/mol. The van der Waals surface area contributed by atoms with Gasteiger partial charge in [-0.05, 0) is 30.2 Å². The van der Waals surface area contributed by atoms with Gasteiger partial charge in [0, 0.05) is 30.7 Å². The summed E-state index contributed by atoms with van der Waals surface area (Å²) >= 11 is 3.48. The summed E-state index contributed by atoms with van der Waals surface area (Å²) < 4.78 is 6.38. The van der Waals surface area contributed by atoms with E-state index in [2.05, 4.69) is 43.7 Å². The number of ether oxygens (including phenoxy) is 1. The third kappa shape index (κ3) is 7.23. The predicted molar refractivity (Wildman–Crippen MR) is 117 cm³/mol. The first kappa shape index (κ1) is 21.8. The van der Waals surface area contributed by atoms with Crippen LogP contribution < -0.4 is 15.4 Å². The van der Waals surface area contributed by atoms with Crippen molar-refractivity contribution in [2.75, 3.05) is 34.3 Å². The van der Waals surface area contributed by atoms with Gasteiger partial charge in [0.15, 0.2) is 5.96 Å². The molecular formula is C21H27BrN4O2. The van der Waals surface area contributed by atoms with Crippen molar-refractivity contribution >= 4 is 27.8 Å². The van der Waals surface area contributed by atoms with Crippen LogP contribution in [-0.4, -0.2) is 51.1 Å². The standard InChI is InChI=1S/C21H27BrN4O2/c1-26(2)20(27)15-25-21(23-12-11-16-7-5-4-6-8-16)24-14-17-13-18(22)9-10-19(17)28-3/h4-10,13H,11-12,14-15H2,1-3H3,(H2,23,24,25). The number of halogens is 1. The summed E-state index contributed by atoms with van der Waals surface area (Å²) in [6, 6.07) is 16.1. The second-order valence-corrected chi connectivity index (χ2v) is 7.34. The normalized spacial score (nSPS) is 11.1. The van der Waals surface area contributed by atoms with Gasteiger partial charge in [-0.25, -0.2) is 4.99 Å². The molecule has 2 rings (SSSR count). The molecule has 1 amide bonds. The van der Waals surface area contributed by atoms with E-state index in [0.29, 0.717) is 19.0 Å². The number of hydrogen-bond acceptors (Lipinski definition) is 3. The van der Waals surface area contributed by atoms with Crippen LogP contribution in [0.2, 0.25) is 0 Å². The molecule has 28 heavy (non-hydrogen) atoms. The van der Waals surface area contributed by atoms with E-state index in [0.717, 1.165) is 22.2 Å². The minimum Gasteiger partial charge on any atom is -0.496 e. The molecule has 2 N–H and O–H groups in total. The van der Waals surface area contributed by atoms with Gasteiger partial charge >= 0.3 is 0 Å². The van der Waals surface area contributed by atoms with Crippen molar-refractivity contribution in [3.8, 4) is 5.75 Å². The van der Waals surface area contributed by atoms with Crippen molar-refractivity contribution in [2.45, 2.75) is 13.0 Å². The number of rotatable bonds is 8. The largest absolute Gasteiger partial charge is 0.496 e. The second kappa shape index (κ2) is 11.3. The maximum atomic E-state index is 11.9. The Morgan fingerprint density at radius 2 is 1.89 bits per heavy atom. The van der Waals surface area contributed by atoms with E-state index in [1.807, 2.05) is 36.4 Å². The first-order valence-electron chi connectivity index (χ1n) is 9.08. The Labute approximate surface area is 175 Å². The van der Waals surface area contributed by atoms with E-state index in [9.17, 15) is 4.79 Å². The zero-order chi connectivity index (χ0) is 20.4. The van der Waals surface area contributed by atoms with Gasteiger partial charge in [-0.2, -0.15) is 0 Å². The molecule has 150 valence electrons. The van der Waals surface area contributed by atoms with Gasteiger partial charge in [0.05, 0.1) is 20.2 Å². The number of carbonyl (C=O) groups is 1. The van der Waals surface area contributed by atoms with Crippen LogP contribution in [0.5, 0.6) is 5.75 Å². The maximum Gasteiger partial charge on any atom is 0.241 e. The van der Waals surface area contributed by atoms with Crippen LogP contribution in [0.1, 0.15) is 11.1 Å². The van der Waals surface area contributed by atoms with Crippen molar-refractivity contribution < 1.29 is 9.53 Å². The number of nitrogens with one attached hydrogen (secondary N) is 2. The lowest BCUT2D eigenvalue weighted by molar-refractivity contribution is -0.127. The first-order chi connectivity index (χ1) is 13.5. The molecule has 6 nitrogen and oxygen atoms in total. The van der Waals surface area contributed by atoms with Gasteiger partial charge in [-0.3, -0.25) is 4.79 Å².